The van der Waals surface area contributed by atoms with E-state index in [4.69, 9.17) is 0 Å². The fourth-order valence-electron chi connectivity index (χ4n) is 3.64. The van der Waals surface area contributed by atoms with E-state index in [1.807, 2.05) is 46.0 Å². The van der Waals surface area contributed by atoms with E-state index < -0.39 is 4.92 Å². The highest BCUT2D eigenvalue weighted by Gasteiger charge is 2.24. The van der Waals surface area contributed by atoms with Gasteiger partial charge in [-0.1, -0.05) is 30.3 Å². The number of nitro benzene ring substituents is 1. The Hall–Kier alpha value is -3.61. The van der Waals surface area contributed by atoms with Crippen LogP contribution in [0.3, 0.4) is 0 Å². The number of hydrogen-bond donors (Lipinski definition) is 0. The quantitative estimate of drug-likeness (QED) is 0.494. The van der Waals surface area contributed by atoms with Crippen molar-refractivity contribution in [2.75, 3.05) is 31.1 Å². The van der Waals surface area contributed by atoms with Gasteiger partial charge in [-0.25, -0.2) is 0 Å². The van der Waals surface area contributed by atoms with Gasteiger partial charge in [-0.3, -0.25) is 14.9 Å². The Morgan fingerprint density at radius 3 is 2.24 bits per heavy atom. The molecule has 0 bridgehead atoms. The summed E-state index contributed by atoms with van der Waals surface area (Å²) in [5, 5.41) is 10.8. The minimum atomic E-state index is -0.398. The van der Waals surface area contributed by atoms with Crippen molar-refractivity contribution < 1.29 is 9.72 Å². The van der Waals surface area contributed by atoms with Crippen LogP contribution >= 0.6 is 0 Å². The van der Waals surface area contributed by atoms with Gasteiger partial charge in [0.15, 0.2) is 0 Å². The number of rotatable bonds is 5. The molecule has 1 amide bonds. The van der Waals surface area contributed by atoms with Crippen LogP contribution in [0.5, 0.6) is 0 Å². The molecular weight excluding hydrogens is 368 g/mol. The van der Waals surface area contributed by atoms with Gasteiger partial charge in [-0.05, 0) is 29.8 Å². The number of nitrogens with zero attached hydrogens (tertiary/aromatic N) is 4. The summed E-state index contributed by atoms with van der Waals surface area (Å²) < 4.78 is 1.99. The highest BCUT2D eigenvalue weighted by molar-refractivity contribution is 5.93. The Morgan fingerprint density at radius 2 is 1.59 bits per heavy atom. The number of hydrogen-bond acceptors (Lipinski definition) is 4. The summed E-state index contributed by atoms with van der Waals surface area (Å²) in [6.45, 7) is 3.29. The minimum Gasteiger partial charge on any atom is -0.368 e. The van der Waals surface area contributed by atoms with Crippen molar-refractivity contribution in [3.63, 3.8) is 0 Å². The van der Waals surface area contributed by atoms with E-state index in [2.05, 4.69) is 17.0 Å². The molecule has 7 heteroatoms. The highest BCUT2D eigenvalue weighted by atomic mass is 16.6. The van der Waals surface area contributed by atoms with Crippen LogP contribution in [-0.4, -0.2) is 46.5 Å². The molecule has 1 fully saturated rings. The van der Waals surface area contributed by atoms with Crippen molar-refractivity contribution in [2.24, 2.45) is 0 Å². The summed E-state index contributed by atoms with van der Waals surface area (Å²) >= 11 is 0. The number of amides is 1. The standard InChI is InChI=1S/C22H22N4O3/c27-22(21-7-4-12-25(21)17-18-5-2-1-3-6-18)24-15-13-23(14-16-24)19-8-10-20(11-9-19)26(28)29/h1-12H,13-17H2. The van der Waals surface area contributed by atoms with Gasteiger partial charge in [0.1, 0.15) is 5.69 Å². The van der Waals surface area contributed by atoms with Gasteiger partial charge in [-0.2, -0.15) is 0 Å². The first-order valence-electron chi connectivity index (χ1n) is 9.59. The van der Waals surface area contributed by atoms with Gasteiger partial charge in [0.2, 0.25) is 0 Å². The van der Waals surface area contributed by atoms with E-state index in [0.29, 0.717) is 38.4 Å². The number of benzene rings is 2. The fraction of sp³-hybridized carbons (Fsp3) is 0.227. The molecule has 3 aromatic rings. The lowest BCUT2D eigenvalue weighted by Gasteiger charge is -2.36. The summed E-state index contributed by atoms with van der Waals surface area (Å²) in [5.41, 5.74) is 2.87. The molecule has 2 heterocycles. The van der Waals surface area contributed by atoms with E-state index in [9.17, 15) is 14.9 Å². The molecule has 1 aromatic heterocycles. The van der Waals surface area contributed by atoms with E-state index in [1.165, 1.54) is 12.1 Å². The lowest BCUT2D eigenvalue weighted by atomic mass is 10.2. The van der Waals surface area contributed by atoms with Crippen LogP contribution in [0.25, 0.3) is 0 Å². The molecule has 0 atom stereocenters. The second-order valence-electron chi connectivity index (χ2n) is 7.06. The molecule has 29 heavy (non-hydrogen) atoms. The number of piperazine rings is 1. The minimum absolute atomic E-state index is 0.0364. The predicted molar refractivity (Wildman–Crippen MR) is 111 cm³/mol. The van der Waals surface area contributed by atoms with E-state index in [0.717, 1.165) is 11.3 Å². The van der Waals surface area contributed by atoms with Crippen LogP contribution in [-0.2, 0) is 6.54 Å². The Balaban J connectivity index is 1.39. The first-order chi connectivity index (χ1) is 14.1. The van der Waals surface area contributed by atoms with Crippen molar-refractivity contribution >= 4 is 17.3 Å². The van der Waals surface area contributed by atoms with Crippen molar-refractivity contribution in [3.8, 4) is 0 Å². The maximum Gasteiger partial charge on any atom is 0.270 e. The monoisotopic (exact) mass is 390 g/mol. The third-order valence-corrected chi connectivity index (χ3v) is 5.24. The molecule has 4 rings (SSSR count). The van der Waals surface area contributed by atoms with Gasteiger partial charge in [-0.15, -0.1) is 0 Å². The number of carbonyl (C=O) groups excluding carboxylic acids is 1. The summed E-state index contributed by atoms with van der Waals surface area (Å²) in [6.07, 6.45) is 1.94. The Labute approximate surface area is 168 Å². The average molecular weight is 390 g/mol. The van der Waals surface area contributed by atoms with Crippen molar-refractivity contribution in [1.29, 1.82) is 0 Å². The molecule has 0 spiro atoms. The predicted octanol–water partition coefficient (Wildman–Crippen LogP) is 3.41. The molecule has 0 N–H and O–H groups in total. The first kappa shape index (κ1) is 18.7. The number of anilines is 1. The molecule has 1 aliphatic heterocycles. The molecular formula is C22H22N4O3. The highest BCUT2D eigenvalue weighted by Crippen LogP contribution is 2.21. The fourth-order valence-corrected chi connectivity index (χ4v) is 3.64. The van der Waals surface area contributed by atoms with Gasteiger partial charge < -0.3 is 14.4 Å². The number of non-ortho nitro benzene ring substituents is 1. The maximum absolute atomic E-state index is 13.0. The zero-order valence-electron chi connectivity index (χ0n) is 16.0. The Morgan fingerprint density at radius 1 is 0.897 bits per heavy atom. The van der Waals surface area contributed by atoms with Crippen LogP contribution in [0.4, 0.5) is 11.4 Å². The first-order valence-corrected chi connectivity index (χ1v) is 9.59. The topological polar surface area (TPSA) is 71.6 Å². The molecule has 0 aliphatic carbocycles. The largest absolute Gasteiger partial charge is 0.368 e. The summed E-state index contributed by atoms with van der Waals surface area (Å²) in [4.78, 5) is 27.5. The molecule has 2 aromatic carbocycles. The van der Waals surface area contributed by atoms with Crippen molar-refractivity contribution in [1.82, 2.24) is 9.47 Å². The molecule has 0 unspecified atom stereocenters. The van der Waals surface area contributed by atoms with Gasteiger partial charge >= 0.3 is 0 Å². The lowest BCUT2D eigenvalue weighted by molar-refractivity contribution is -0.384. The average Bonchev–Trinajstić information content (AvgIpc) is 3.22. The molecule has 148 valence electrons. The third-order valence-electron chi connectivity index (χ3n) is 5.24. The summed E-state index contributed by atoms with van der Waals surface area (Å²) in [6, 6.07) is 20.4. The zero-order chi connectivity index (χ0) is 20.2. The Bertz CT molecular complexity index is 990. The van der Waals surface area contributed by atoms with Gasteiger partial charge in [0.05, 0.1) is 4.92 Å². The normalized spacial score (nSPS) is 14.1. The van der Waals surface area contributed by atoms with Crippen molar-refractivity contribution in [3.05, 3.63) is 94.3 Å². The molecule has 7 nitrogen and oxygen atoms in total. The van der Waals surface area contributed by atoms with Crippen LogP contribution in [0.1, 0.15) is 16.1 Å². The molecule has 0 radical (unpaired) electrons. The van der Waals surface area contributed by atoms with Crippen LogP contribution in [0, 0.1) is 10.1 Å². The molecule has 1 saturated heterocycles. The van der Waals surface area contributed by atoms with Crippen LogP contribution < -0.4 is 4.90 Å². The summed E-state index contributed by atoms with van der Waals surface area (Å²) in [5.74, 6) is 0.0364. The second kappa shape index (κ2) is 8.18. The van der Waals surface area contributed by atoms with Crippen molar-refractivity contribution in [2.45, 2.75) is 6.54 Å². The second-order valence-corrected chi connectivity index (χ2v) is 7.06. The van der Waals surface area contributed by atoms with Crippen LogP contribution in [0.15, 0.2) is 72.9 Å². The molecule has 1 aliphatic rings. The number of nitro groups is 1. The Kier molecular flexibility index (Phi) is 5.29. The van der Waals surface area contributed by atoms with Crippen LogP contribution in [0.2, 0.25) is 0 Å². The van der Waals surface area contributed by atoms with E-state index in [1.54, 1.807) is 12.1 Å². The smallest absolute Gasteiger partial charge is 0.270 e. The van der Waals surface area contributed by atoms with Gasteiger partial charge in [0.25, 0.3) is 11.6 Å². The SMILES string of the molecule is O=C(c1cccn1Cc1ccccc1)N1CCN(c2ccc([N+](=O)[O-])cc2)CC1. The third kappa shape index (κ3) is 4.13. The number of carbonyl (C=O) groups is 1. The zero-order valence-corrected chi connectivity index (χ0v) is 16.0. The van der Waals surface area contributed by atoms with Gasteiger partial charge in [0, 0.05) is 56.7 Å². The maximum atomic E-state index is 13.0. The molecule has 0 saturated carbocycles. The summed E-state index contributed by atoms with van der Waals surface area (Å²) in [7, 11) is 0. The van der Waals surface area contributed by atoms with E-state index >= 15 is 0 Å². The van der Waals surface area contributed by atoms with E-state index in [-0.39, 0.29) is 11.6 Å². The lowest BCUT2D eigenvalue weighted by Crippen LogP contribution is -2.49. The number of aromatic nitrogens is 1.